The summed E-state index contributed by atoms with van der Waals surface area (Å²) in [6, 6.07) is 7.52. The van der Waals surface area contributed by atoms with Crippen molar-refractivity contribution in [2.45, 2.75) is 39.5 Å². The van der Waals surface area contributed by atoms with Gasteiger partial charge in [-0.1, -0.05) is 27.7 Å². The number of H-pyrrole nitrogens is 1. The minimum atomic E-state index is -0.0220. The molecule has 1 N–H and O–H groups in total. The van der Waals surface area contributed by atoms with Crippen LogP contribution in [-0.2, 0) is 0 Å². The second-order valence-corrected chi connectivity index (χ2v) is 5.43. The van der Waals surface area contributed by atoms with Crippen LogP contribution in [0.1, 0.15) is 50.7 Å². The average molecular weight is 288 g/mol. The minimum Gasteiger partial charge on any atom is -0.481 e. The van der Waals surface area contributed by atoms with Crippen LogP contribution >= 0.6 is 0 Å². The summed E-state index contributed by atoms with van der Waals surface area (Å²) in [6.07, 6.45) is 3.45. The maximum absolute atomic E-state index is 10.7. The molecular formula is C17H24N2O2. The van der Waals surface area contributed by atoms with Crippen LogP contribution < -0.4 is 10.3 Å². The maximum atomic E-state index is 10.7. The van der Waals surface area contributed by atoms with Crippen molar-refractivity contribution in [3.05, 3.63) is 58.1 Å². The molecule has 4 heteroatoms. The highest BCUT2D eigenvalue weighted by Gasteiger charge is 1.99. The first kappa shape index (κ1) is 17.0. The lowest BCUT2D eigenvalue weighted by Gasteiger charge is -2.05. The van der Waals surface area contributed by atoms with Gasteiger partial charge in [0.25, 0.3) is 0 Å². The fourth-order valence-electron chi connectivity index (χ4n) is 1.72. The van der Waals surface area contributed by atoms with Crippen LogP contribution in [0.3, 0.4) is 0 Å². The minimum absolute atomic E-state index is 0.0220. The quantitative estimate of drug-likeness (QED) is 0.936. The molecule has 0 saturated heterocycles. The molecular weight excluding hydrogens is 264 g/mol. The number of pyridine rings is 2. The zero-order valence-electron chi connectivity index (χ0n) is 13.4. The second-order valence-electron chi connectivity index (χ2n) is 5.43. The van der Waals surface area contributed by atoms with Gasteiger partial charge >= 0.3 is 0 Å². The van der Waals surface area contributed by atoms with Crippen molar-refractivity contribution in [1.29, 1.82) is 0 Å². The first-order valence-electron chi connectivity index (χ1n) is 7.12. The third kappa shape index (κ3) is 5.81. The van der Waals surface area contributed by atoms with E-state index < -0.39 is 0 Å². The smallest absolute Gasteiger partial charge is 0.248 e. The van der Waals surface area contributed by atoms with Crippen LogP contribution in [0.4, 0.5) is 0 Å². The molecule has 2 aromatic rings. The van der Waals surface area contributed by atoms with Crippen molar-refractivity contribution in [1.82, 2.24) is 9.97 Å². The molecule has 0 fully saturated rings. The summed E-state index contributed by atoms with van der Waals surface area (Å²) in [7, 11) is 1.63. The van der Waals surface area contributed by atoms with Crippen LogP contribution in [0.25, 0.3) is 0 Å². The van der Waals surface area contributed by atoms with E-state index in [9.17, 15) is 4.79 Å². The zero-order chi connectivity index (χ0) is 15.8. The van der Waals surface area contributed by atoms with Gasteiger partial charge in [-0.3, -0.25) is 4.79 Å². The Balaban J connectivity index is 0.000000211. The molecule has 114 valence electrons. The highest BCUT2D eigenvalue weighted by atomic mass is 16.5. The van der Waals surface area contributed by atoms with Gasteiger partial charge < -0.3 is 9.72 Å². The van der Waals surface area contributed by atoms with Gasteiger partial charge in [0.05, 0.1) is 7.11 Å². The Morgan fingerprint density at radius 2 is 1.67 bits per heavy atom. The topological polar surface area (TPSA) is 55.0 Å². The van der Waals surface area contributed by atoms with E-state index in [0.717, 1.165) is 5.56 Å². The van der Waals surface area contributed by atoms with E-state index in [-0.39, 0.29) is 5.56 Å². The predicted molar refractivity (Wildman–Crippen MR) is 86.0 cm³/mol. The molecule has 2 aromatic heterocycles. The number of hydrogen-bond donors (Lipinski definition) is 1. The molecule has 2 rings (SSSR count). The summed E-state index contributed by atoms with van der Waals surface area (Å²) in [4.78, 5) is 17.3. The van der Waals surface area contributed by atoms with Crippen LogP contribution in [0.5, 0.6) is 5.88 Å². The average Bonchev–Trinajstić information content (AvgIpc) is 2.48. The molecule has 4 nitrogen and oxygen atoms in total. The summed E-state index contributed by atoms with van der Waals surface area (Å²) in [5, 5.41) is 0. The first-order valence-corrected chi connectivity index (χ1v) is 7.12. The van der Waals surface area contributed by atoms with Gasteiger partial charge in [0.2, 0.25) is 11.4 Å². The van der Waals surface area contributed by atoms with Gasteiger partial charge in [-0.05, 0) is 35.1 Å². The Hall–Kier alpha value is -2.10. The number of nitrogens with zero attached hydrogens (tertiary/aromatic N) is 1. The normalized spacial score (nSPS) is 10.2. The van der Waals surface area contributed by atoms with Crippen LogP contribution in [0, 0.1) is 0 Å². The zero-order valence-corrected chi connectivity index (χ0v) is 13.4. The first-order chi connectivity index (χ1) is 9.93. The van der Waals surface area contributed by atoms with Gasteiger partial charge in [0.1, 0.15) is 0 Å². The van der Waals surface area contributed by atoms with Crippen molar-refractivity contribution in [3.8, 4) is 5.88 Å². The Kier molecular flexibility index (Phi) is 6.66. The number of rotatable bonds is 3. The number of aromatic nitrogens is 2. The molecule has 2 heterocycles. The summed E-state index contributed by atoms with van der Waals surface area (Å²) in [5.41, 5.74) is 2.33. The molecule has 0 saturated carbocycles. The lowest BCUT2D eigenvalue weighted by Crippen LogP contribution is -2.04. The predicted octanol–water partition coefficient (Wildman–Crippen LogP) is 3.71. The van der Waals surface area contributed by atoms with E-state index in [1.165, 1.54) is 5.56 Å². The lowest BCUT2D eigenvalue weighted by atomic mass is 10.1. The van der Waals surface area contributed by atoms with Crippen molar-refractivity contribution in [2.24, 2.45) is 0 Å². The highest BCUT2D eigenvalue weighted by Crippen LogP contribution is 2.16. The molecule has 0 radical (unpaired) electrons. The molecule has 0 amide bonds. The van der Waals surface area contributed by atoms with Gasteiger partial charge in [0, 0.05) is 24.5 Å². The van der Waals surface area contributed by atoms with Crippen LogP contribution in [0.2, 0.25) is 0 Å². The summed E-state index contributed by atoms with van der Waals surface area (Å²) in [6.45, 7) is 8.42. The summed E-state index contributed by atoms with van der Waals surface area (Å²) < 4.78 is 4.99. The van der Waals surface area contributed by atoms with Crippen molar-refractivity contribution < 1.29 is 4.74 Å². The molecule has 0 atom stereocenters. The van der Waals surface area contributed by atoms with Crippen molar-refractivity contribution in [2.75, 3.05) is 7.11 Å². The molecule has 0 aromatic carbocycles. The van der Waals surface area contributed by atoms with E-state index in [4.69, 9.17) is 4.74 Å². The molecule has 0 bridgehead atoms. The number of hydrogen-bond acceptors (Lipinski definition) is 3. The molecule has 21 heavy (non-hydrogen) atoms. The monoisotopic (exact) mass is 288 g/mol. The Labute approximate surface area is 126 Å². The Morgan fingerprint density at radius 3 is 2.14 bits per heavy atom. The molecule has 0 unspecified atom stereocenters. The number of nitrogens with one attached hydrogen (secondary N) is 1. The highest BCUT2D eigenvalue weighted by molar-refractivity contribution is 5.22. The fourth-order valence-corrected chi connectivity index (χ4v) is 1.72. The van der Waals surface area contributed by atoms with Crippen LogP contribution in [0.15, 0.2) is 41.5 Å². The number of aromatic amines is 1. The lowest BCUT2D eigenvalue weighted by molar-refractivity contribution is 0.397. The molecule has 0 aliphatic rings. The van der Waals surface area contributed by atoms with E-state index in [0.29, 0.717) is 17.7 Å². The fraction of sp³-hybridized carbons (Fsp3) is 0.412. The van der Waals surface area contributed by atoms with Gasteiger partial charge in [0.15, 0.2) is 0 Å². The Bertz CT molecular complexity index is 603. The van der Waals surface area contributed by atoms with E-state index in [1.807, 2.05) is 18.2 Å². The standard InChI is InChI=1S/C9H13NO.C8H11NO/c1-7(2)8-4-5-10-9(6-8)11-3;1-6(2)7-3-4-9-8(10)5-7/h4-7H,1-3H3;3-6H,1-2H3,(H,9,10). The SMILES string of the molecule is CC(C)c1cc[nH]c(=O)c1.COc1cc(C(C)C)ccn1. The maximum Gasteiger partial charge on any atom is 0.248 e. The van der Waals surface area contributed by atoms with Gasteiger partial charge in [-0.25, -0.2) is 4.98 Å². The van der Waals surface area contributed by atoms with Crippen LogP contribution in [-0.4, -0.2) is 17.1 Å². The molecule has 0 aliphatic heterocycles. The molecule has 0 spiro atoms. The van der Waals surface area contributed by atoms with Gasteiger partial charge in [-0.2, -0.15) is 0 Å². The van der Waals surface area contributed by atoms with Crippen molar-refractivity contribution in [3.63, 3.8) is 0 Å². The van der Waals surface area contributed by atoms with Crippen molar-refractivity contribution >= 4 is 0 Å². The second kappa shape index (κ2) is 8.25. The third-order valence-electron chi connectivity index (χ3n) is 3.10. The molecule has 0 aliphatic carbocycles. The summed E-state index contributed by atoms with van der Waals surface area (Å²) >= 11 is 0. The van der Waals surface area contributed by atoms with E-state index in [1.54, 1.807) is 25.6 Å². The Morgan fingerprint density at radius 1 is 1.05 bits per heavy atom. The number of ether oxygens (including phenoxy) is 1. The third-order valence-corrected chi connectivity index (χ3v) is 3.10. The van der Waals surface area contributed by atoms with Gasteiger partial charge in [-0.15, -0.1) is 0 Å². The van der Waals surface area contributed by atoms with E-state index >= 15 is 0 Å². The largest absolute Gasteiger partial charge is 0.481 e. The number of methoxy groups -OCH3 is 1. The summed E-state index contributed by atoms with van der Waals surface area (Å²) in [5.74, 6) is 1.66. The van der Waals surface area contributed by atoms with E-state index in [2.05, 4.69) is 37.7 Å².